The number of hydrogen-bond acceptors (Lipinski definition) is 4. The number of aromatic nitrogens is 5. The molecule has 2 N–H and O–H groups in total. The second-order valence-corrected chi connectivity index (χ2v) is 9.75. The number of anilines is 1. The number of fused-ring (bicyclic) bond motifs is 1. The molecule has 0 aliphatic carbocycles. The highest BCUT2D eigenvalue weighted by atomic mass is 19.1. The van der Waals surface area contributed by atoms with Crippen LogP contribution in [0.1, 0.15) is 31.3 Å². The van der Waals surface area contributed by atoms with Crippen LogP contribution in [0.25, 0.3) is 33.5 Å². The van der Waals surface area contributed by atoms with Crippen molar-refractivity contribution in [3.63, 3.8) is 0 Å². The van der Waals surface area contributed by atoms with Crippen LogP contribution in [0.4, 0.5) is 14.6 Å². The maximum atomic E-state index is 13.4. The van der Waals surface area contributed by atoms with Crippen LogP contribution in [0.2, 0.25) is 0 Å². The molecule has 1 fully saturated rings. The lowest BCUT2D eigenvalue weighted by molar-refractivity contribution is 0.345. The summed E-state index contributed by atoms with van der Waals surface area (Å²) in [6, 6.07) is 15.0. The summed E-state index contributed by atoms with van der Waals surface area (Å²) < 4.78 is 26.7. The molecule has 5 aromatic rings. The number of aromatic amines is 2. The molecule has 0 unspecified atom stereocenters. The first kappa shape index (κ1) is 22.4. The smallest absolute Gasteiger partial charge is 0.143 e. The van der Waals surface area contributed by atoms with Gasteiger partial charge in [-0.25, -0.2) is 23.7 Å². The molecule has 4 heterocycles. The number of benzene rings is 2. The van der Waals surface area contributed by atoms with Gasteiger partial charge >= 0.3 is 0 Å². The fourth-order valence-corrected chi connectivity index (χ4v) is 5.06. The minimum atomic E-state index is -0.261. The Morgan fingerprint density at radius 1 is 0.861 bits per heavy atom. The molecule has 182 valence electrons. The van der Waals surface area contributed by atoms with Gasteiger partial charge in [-0.1, -0.05) is 6.92 Å². The van der Waals surface area contributed by atoms with Crippen molar-refractivity contribution < 1.29 is 8.78 Å². The summed E-state index contributed by atoms with van der Waals surface area (Å²) in [6.45, 7) is 5.88. The number of nitrogens with zero attached hydrogens (tertiary/aromatic N) is 4. The van der Waals surface area contributed by atoms with E-state index in [1.165, 1.54) is 24.3 Å². The average Bonchev–Trinajstić information content (AvgIpc) is 3.50. The Morgan fingerprint density at radius 3 is 2.17 bits per heavy atom. The van der Waals surface area contributed by atoms with Gasteiger partial charge in [-0.15, -0.1) is 0 Å². The van der Waals surface area contributed by atoms with E-state index in [0.717, 1.165) is 76.8 Å². The lowest BCUT2D eigenvalue weighted by Crippen LogP contribution is -2.42. The van der Waals surface area contributed by atoms with Crippen LogP contribution in [0, 0.1) is 18.6 Å². The van der Waals surface area contributed by atoms with Gasteiger partial charge in [-0.3, -0.25) is 0 Å². The third-order valence-corrected chi connectivity index (χ3v) is 7.32. The van der Waals surface area contributed by atoms with E-state index in [4.69, 9.17) is 4.98 Å². The zero-order chi connectivity index (χ0) is 24.9. The van der Waals surface area contributed by atoms with Gasteiger partial charge in [0.25, 0.3) is 0 Å². The SMILES string of the molecule is Cc1nc(C2(C)CCN(c3ncnc4[nH]c(-c5ccc(F)cc5)cc34)CC2)[nH]c1-c1ccc(F)cc1. The van der Waals surface area contributed by atoms with Crippen molar-refractivity contribution in [2.24, 2.45) is 0 Å². The van der Waals surface area contributed by atoms with Crippen LogP contribution in [-0.2, 0) is 5.41 Å². The minimum Gasteiger partial charge on any atom is -0.356 e. The van der Waals surface area contributed by atoms with E-state index in [0.29, 0.717) is 0 Å². The van der Waals surface area contributed by atoms with Crippen molar-refractivity contribution >= 4 is 16.9 Å². The highest BCUT2D eigenvalue weighted by Crippen LogP contribution is 2.38. The van der Waals surface area contributed by atoms with Crippen molar-refractivity contribution in [1.29, 1.82) is 0 Å². The van der Waals surface area contributed by atoms with Gasteiger partial charge in [0.05, 0.1) is 16.8 Å². The molecule has 3 aromatic heterocycles. The van der Waals surface area contributed by atoms with Gasteiger partial charge in [-0.05, 0) is 79.9 Å². The number of hydrogen-bond donors (Lipinski definition) is 2. The monoisotopic (exact) mass is 484 g/mol. The number of rotatable bonds is 4. The van der Waals surface area contributed by atoms with Crippen LogP contribution in [-0.4, -0.2) is 38.0 Å². The molecular weight excluding hydrogens is 458 g/mol. The van der Waals surface area contributed by atoms with E-state index in [9.17, 15) is 8.78 Å². The van der Waals surface area contributed by atoms with E-state index in [1.54, 1.807) is 30.6 Å². The summed E-state index contributed by atoms with van der Waals surface area (Å²) in [7, 11) is 0. The Bertz CT molecular complexity index is 1530. The molecule has 0 saturated carbocycles. The largest absolute Gasteiger partial charge is 0.356 e. The Morgan fingerprint density at radius 2 is 1.50 bits per heavy atom. The number of imidazole rings is 1. The summed E-state index contributed by atoms with van der Waals surface area (Å²) in [4.78, 5) is 23.1. The summed E-state index contributed by atoms with van der Waals surface area (Å²) in [5.41, 5.74) is 5.22. The number of H-pyrrole nitrogens is 2. The first-order chi connectivity index (χ1) is 17.4. The zero-order valence-corrected chi connectivity index (χ0v) is 20.1. The van der Waals surface area contributed by atoms with Crippen molar-refractivity contribution in [3.8, 4) is 22.5 Å². The highest BCUT2D eigenvalue weighted by molar-refractivity contribution is 5.92. The van der Waals surface area contributed by atoms with Gasteiger partial charge in [-0.2, -0.15) is 0 Å². The predicted octanol–water partition coefficient (Wildman–Crippen LogP) is 6.16. The molecule has 8 heteroatoms. The quantitative estimate of drug-likeness (QED) is 0.320. The molecule has 1 saturated heterocycles. The summed E-state index contributed by atoms with van der Waals surface area (Å²) >= 11 is 0. The summed E-state index contributed by atoms with van der Waals surface area (Å²) in [5.74, 6) is 1.35. The molecule has 0 spiro atoms. The van der Waals surface area contributed by atoms with E-state index < -0.39 is 0 Å². The summed E-state index contributed by atoms with van der Waals surface area (Å²) in [6.07, 6.45) is 3.40. The molecule has 6 nitrogen and oxygen atoms in total. The van der Waals surface area contributed by atoms with Crippen LogP contribution in [0.5, 0.6) is 0 Å². The fourth-order valence-electron chi connectivity index (χ4n) is 5.06. The van der Waals surface area contributed by atoms with E-state index in [2.05, 4.69) is 31.8 Å². The minimum absolute atomic E-state index is 0.108. The average molecular weight is 485 g/mol. The van der Waals surface area contributed by atoms with E-state index in [-0.39, 0.29) is 17.0 Å². The third-order valence-electron chi connectivity index (χ3n) is 7.32. The molecule has 0 atom stereocenters. The van der Waals surface area contributed by atoms with Crippen molar-refractivity contribution in [2.75, 3.05) is 18.0 Å². The van der Waals surface area contributed by atoms with Gasteiger partial charge in [0.2, 0.25) is 0 Å². The Balaban J connectivity index is 1.24. The molecule has 36 heavy (non-hydrogen) atoms. The highest BCUT2D eigenvalue weighted by Gasteiger charge is 2.36. The maximum absolute atomic E-state index is 13.4. The first-order valence-electron chi connectivity index (χ1n) is 12.1. The van der Waals surface area contributed by atoms with Crippen molar-refractivity contribution in [3.05, 3.63) is 84.1 Å². The third kappa shape index (κ3) is 3.92. The van der Waals surface area contributed by atoms with Crippen LogP contribution >= 0.6 is 0 Å². The Hall–Kier alpha value is -4.07. The normalized spacial score (nSPS) is 15.5. The fraction of sp³-hybridized carbons (Fsp3) is 0.250. The summed E-state index contributed by atoms with van der Waals surface area (Å²) in [5, 5.41) is 0.952. The lowest BCUT2D eigenvalue weighted by atomic mass is 9.79. The Labute approximate surface area is 207 Å². The molecule has 2 aromatic carbocycles. The van der Waals surface area contributed by atoms with Crippen molar-refractivity contribution in [1.82, 2.24) is 24.9 Å². The predicted molar refractivity (Wildman–Crippen MR) is 137 cm³/mol. The second-order valence-electron chi connectivity index (χ2n) is 9.75. The Kier molecular flexibility index (Phi) is 5.32. The van der Waals surface area contributed by atoms with Crippen LogP contribution in [0.15, 0.2) is 60.9 Å². The second kappa shape index (κ2) is 8.55. The zero-order valence-electron chi connectivity index (χ0n) is 20.1. The van der Waals surface area contributed by atoms with Crippen molar-refractivity contribution in [2.45, 2.75) is 32.1 Å². The number of nitrogens with one attached hydrogen (secondary N) is 2. The van der Waals surface area contributed by atoms with Gasteiger partial charge in [0.15, 0.2) is 0 Å². The first-order valence-corrected chi connectivity index (χ1v) is 12.1. The van der Waals surface area contributed by atoms with Gasteiger partial charge < -0.3 is 14.9 Å². The molecule has 0 amide bonds. The number of aryl methyl sites for hydroxylation is 1. The molecule has 1 aliphatic rings. The van der Waals surface area contributed by atoms with E-state index >= 15 is 0 Å². The topological polar surface area (TPSA) is 73.5 Å². The molecular formula is C28H26F2N6. The van der Waals surface area contributed by atoms with Gasteiger partial charge in [0.1, 0.15) is 35.3 Å². The molecule has 1 aliphatic heterocycles. The molecule has 6 rings (SSSR count). The number of halogens is 2. The maximum Gasteiger partial charge on any atom is 0.143 e. The van der Waals surface area contributed by atoms with Crippen LogP contribution in [0.3, 0.4) is 0 Å². The number of piperidine rings is 1. The lowest BCUT2D eigenvalue weighted by Gasteiger charge is -2.38. The molecule has 0 bridgehead atoms. The van der Waals surface area contributed by atoms with Crippen LogP contribution < -0.4 is 4.90 Å². The van der Waals surface area contributed by atoms with Gasteiger partial charge in [0, 0.05) is 29.8 Å². The van der Waals surface area contributed by atoms with E-state index in [1.807, 2.05) is 13.0 Å². The molecule has 0 radical (unpaired) electrons. The standard InChI is InChI=1S/C28H26F2N6/c1-17-24(19-5-9-21(30)10-6-19)35-27(33-17)28(2)11-13-36(14-12-28)26-22-15-23(34-25(22)31-16-32-26)18-3-7-20(29)8-4-18/h3-10,15-16H,11-14H2,1-2H3,(H,33,35)(H,31,32,34).